The van der Waals surface area contributed by atoms with Crippen LogP contribution in [0.1, 0.15) is 28.8 Å². The lowest BCUT2D eigenvalue weighted by Gasteiger charge is -2.11. The minimum Gasteiger partial charge on any atom is -0.507 e. The Morgan fingerprint density at radius 3 is 2.80 bits per heavy atom. The maximum Gasteiger partial charge on any atom is 0.341 e. The quantitative estimate of drug-likeness (QED) is 0.735. The zero-order chi connectivity index (χ0) is 11.4. The van der Waals surface area contributed by atoms with E-state index in [0.29, 0.717) is 6.54 Å². The molecule has 0 aliphatic heterocycles. The molecule has 4 heteroatoms. The van der Waals surface area contributed by atoms with E-state index in [1.807, 2.05) is 6.92 Å². The fraction of sp³-hybridized carbons (Fsp3) is 0.364. The van der Waals surface area contributed by atoms with Crippen LogP contribution in [0.4, 0.5) is 0 Å². The van der Waals surface area contributed by atoms with Crippen LogP contribution in [0.5, 0.6) is 5.75 Å². The summed E-state index contributed by atoms with van der Waals surface area (Å²) in [4.78, 5) is 11.3. The van der Waals surface area contributed by atoms with E-state index in [1.54, 1.807) is 12.1 Å². The van der Waals surface area contributed by atoms with Gasteiger partial charge >= 0.3 is 5.97 Å². The number of phenols is 1. The summed E-state index contributed by atoms with van der Waals surface area (Å²) in [5.74, 6) is -0.470. The van der Waals surface area contributed by atoms with E-state index in [1.165, 1.54) is 13.2 Å². The van der Waals surface area contributed by atoms with Gasteiger partial charge in [0.15, 0.2) is 0 Å². The van der Waals surface area contributed by atoms with Crippen LogP contribution in [-0.4, -0.2) is 24.7 Å². The molecule has 0 spiro atoms. The van der Waals surface area contributed by atoms with Gasteiger partial charge in [-0.2, -0.15) is 0 Å². The van der Waals surface area contributed by atoms with Crippen LogP contribution in [0.15, 0.2) is 18.2 Å². The van der Waals surface area contributed by atoms with Crippen molar-refractivity contribution in [3.8, 4) is 5.75 Å². The van der Waals surface area contributed by atoms with E-state index in [9.17, 15) is 9.90 Å². The predicted octanol–water partition coefficient (Wildman–Crippen LogP) is 1.24. The summed E-state index contributed by atoms with van der Waals surface area (Å²) in [5.41, 5.74) is 6.61. The molecule has 0 aromatic heterocycles. The van der Waals surface area contributed by atoms with Crippen LogP contribution >= 0.6 is 0 Å². The normalized spacial score (nSPS) is 12.2. The summed E-state index contributed by atoms with van der Waals surface area (Å²) in [6.45, 7) is 2.44. The minimum atomic E-state index is -0.543. The molecule has 0 saturated heterocycles. The molecule has 0 bridgehead atoms. The first kappa shape index (κ1) is 11.5. The van der Waals surface area contributed by atoms with Crippen molar-refractivity contribution in [2.45, 2.75) is 12.8 Å². The highest BCUT2D eigenvalue weighted by atomic mass is 16.5. The van der Waals surface area contributed by atoms with Crippen molar-refractivity contribution in [3.05, 3.63) is 29.3 Å². The molecule has 0 aliphatic carbocycles. The molecule has 1 unspecified atom stereocenters. The molecule has 0 amide bonds. The van der Waals surface area contributed by atoms with E-state index >= 15 is 0 Å². The standard InChI is InChI=1S/C11H15NO3/c1-7(6-12)8-3-4-10(13)9(5-8)11(14)15-2/h3-5,7,13H,6,12H2,1-2H3. The molecular weight excluding hydrogens is 194 g/mol. The van der Waals surface area contributed by atoms with E-state index in [-0.39, 0.29) is 17.2 Å². The van der Waals surface area contributed by atoms with Gasteiger partial charge in [-0.15, -0.1) is 0 Å². The SMILES string of the molecule is COC(=O)c1cc(C(C)CN)ccc1O. The van der Waals surface area contributed by atoms with Gasteiger partial charge in [0.2, 0.25) is 0 Å². The van der Waals surface area contributed by atoms with Crippen molar-refractivity contribution in [1.82, 2.24) is 0 Å². The number of ether oxygens (including phenoxy) is 1. The van der Waals surface area contributed by atoms with Gasteiger partial charge in [0, 0.05) is 0 Å². The number of hydrogen-bond acceptors (Lipinski definition) is 4. The first-order valence-corrected chi connectivity index (χ1v) is 4.71. The Morgan fingerprint density at radius 1 is 1.60 bits per heavy atom. The molecule has 0 fully saturated rings. The van der Waals surface area contributed by atoms with Crippen LogP contribution in [0.2, 0.25) is 0 Å². The summed E-state index contributed by atoms with van der Waals surface area (Å²) in [5, 5.41) is 9.46. The summed E-state index contributed by atoms with van der Waals surface area (Å²) in [6.07, 6.45) is 0. The third-order valence-corrected chi connectivity index (χ3v) is 2.35. The Bertz CT molecular complexity index is 363. The Balaban J connectivity index is 3.10. The largest absolute Gasteiger partial charge is 0.507 e. The van der Waals surface area contributed by atoms with E-state index in [2.05, 4.69) is 4.74 Å². The Kier molecular flexibility index (Phi) is 3.68. The van der Waals surface area contributed by atoms with Crippen LogP contribution < -0.4 is 5.73 Å². The summed E-state index contributed by atoms with van der Waals surface area (Å²) in [7, 11) is 1.28. The highest BCUT2D eigenvalue weighted by Gasteiger charge is 2.13. The van der Waals surface area contributed by atoms with Gasteiger partial charge in [0.1, 0.15) is 11.3 Å². The van der Waals surface area contributed by atoms with Gasteiger partial charge in [0.05, 0.1) is 7.11 Å². The molecule has 0 heterocycles. The highest BCUT2D eigenvalue weighted by Crippen LogP contribution is 2.23. The molecule has 1 aromatic rings. The molecule has 4 nitrogen and oxygen atoms in total. The zero-order valence-electron chi connectivity index (χ0n) is 8.86. The number of carbonyl (C=O) groups excluding carboxylic acids is 1. The summed E-state index contributed by atoms with van der Waals surface area (Å²) >= 11 is 0. The van der Waals surface area contributed by atoms with Crippen molar-refractivity contribution >= 4 is 5.97 Å². The molecule has 82 valence electrons. The third-order valence-electron chi connectivity index (χ3n) is 2.35. The average Bonchev–Trinajstić information content (AvgIpc) is 2.27. The summed E-state index contributed by atoms with van der Waals surface area (Å²) in [6, 6.07) is 4.84. The Labute approximate surface area is 88.7 Å². The number of rotatable bonds is 3. The van der Waals surface area contributed by atoms with Crippen LogP contribution in [-0.2, 0) is 4.74 Å². The van der Waals surface area contributed by atoms with Crippen LogP contribution in [0.25, 0.3) is 0 Å². The van der Waals surface area contributed by atoms with Gasteiger partial charge in [-0.05, 0) is 30.2 Å². The number of hydrogen-bond donors (Lipinski definition) is 2. The second-order valence-electron chi connectivity index (χ2n) is 3.40. The second kappa shape index (κ2) is 4.79. The molecule has 15 heavy (non-hydrogen) atoms. The topological polar surface area (TPSA) is 72.5 Å². The second-order valence-corrected chi connectivity index (χ2v) is 3.40. The van der Waals surface area contributed by atoms with E-state index in [4.69, 9.17) is 5.73 Å². The highest BCUT2D eigenvalue weighted by molar-refractivity contribution is 5.92. The monoisotopic (exact) mass is 209 g/mol. The molecule has 0 saturated carbocycles. The lowest BCUT2D eigenvalue weighted by molar-refractivity contribution is 0.0597. The van der Waals surface area contributed by atoms with Crippen LogP contribution in [0, 0.1) is 0 Å². The number of methoxy groups -OCH3 is 1. The first-order chi connectivity index (χ1) is 7.10. The Hall–Kier alpha value is -1.55. The lowest BCUT2D eigenvalue weighted by Crippen LogP contribution is -2.10. The van der Waals surface area contributed by atoms with Gasteiger partial charge in [-0.25, -0.2) is 4.79 Å². The minimum absolute atomic E-state index is 0.0742. The van der Waals surface area contributed by atoms with Crippen molar-refractivity contribution in [1.29, 1.82) is 0 Å². The Morgan fingerprint density at radius 2 is 2.27 bits per heavy atom. The van der Waals surface area contributed by atoms with E-state index in [0.717, 1.165) is 5.56 Å². The zero-order valence-corrected chi connectivity index (χ0v) is 8.86. The number of phenolic OH excluding ortho intramolecular Hbond substituents is 1. The molecule has 1 atom stereocenters. The molecular formula is C11H15NO3. The van der Waals surface area contributed by atoms with Gasteiger partial charge in [-0.1, -0.05) is 13.0 Å². The molecule has 3 N–H and O–H groups in total. The number of benzene rings is 1. The van der Waals surface area contributed by atoms with Crippen molar-refractivity contribution in [3.63, 3.8) is 0 Å². The predicted molar refractivity (Wildman–Crippen MR) is 56.9 cm³/mol. The van der Waals surface area contributed by atoms with Gasteiger partial charge in [-0.3, -0.25) is 0 Å². The lowest BCUT2D eigenvalue weighted by atomic mass is 9.99. The van der Waals surface area contributed by atoms with Crippen molar-refractivity contribution in [2.24, 2.45) is 5.73 Å². The van der Waals surface area contributed by atoms with Crippen molar-refractivity contribution in [2.75, 3.05) is 13.7 Å². The van der Waals surface area contributed by atoms with Gasteiger partial charge < -0.3 is 15.6 Å². The van der Waals surface area contributed by atoms with E-state index < -0.39 is 5.97 Å². The van der Waals surface area contributed by atoms with Gasteiger partial charge in [0.25, 0.3) is 0 Å². The molecule has 1 rings (SSSR count). The smallest absolute Gasteiger partial charge is 0.341 e. The van der Waals surface area contributed by atoms with Crippen molar-refractivity contribution < 1.29 is 14.6 Å². The molecule has 1 aromatic carbocycles. The fourth-order valence-corrected chi connectivity index (χ4v) is 1.27. The average molecular weight is 209 g/mol. The summed E-state index contributed by atoms with van der Waals surface area (Å²) < 4.78 is 4.56. The third kappa shape index (κ3) is 2.47. The molecule has 0 radical (unpaired) electrons. The maximum atomic E-state index is 11.3. The first-order valence-electron chi connectivity index (χ1n) is 4.71. The maximum absolute atomic E-state index is 11.3. The number of carbonyl (C=O) groups is 1. The van der Waals surface area contributed by atoms with Crippen LogP contribution in [0.3, 0.4) is 0 Å². The fourth-order valence-electron chi connectivity index (χ4n) is 1.27. The number of esters is 1. The number of nitrogens with two attached hydrogens (primary N) is 1. The molecule has 0 aliphatic rings. The number of aromatic hydroxyl groups is 1.